The van der Waals surface area contributed by atoms with E-state index < -0.39 is 17.3 Å². The van der Waals surface area contributed by atoms with E-state index in [1.165, 1.54) is 18.2 Å². The van der Waals surface area contributed by atoms with Gasteiger partial charge in [0.1, 0.15) is 34.0 Å². The number of rotatable bonds is 5. The van der Waals surface area contributed by atoms with E-state index in [1.54, 1.807) is 31.2 Å². The summed E-state index contributed by atoms with van der Waals surface area (Å²) in [5.74, 6) is -0.334. The molecule has 0 saturated carbocycles. The SMILES string of the molecule is C=C(C)[C@H](O)Cc1c(O)cc(O)c2c(=O)cc(C=Cc3ccc(O)cc3)oc12. The summed E-state index contributed by atoms with van der Waals surface area (Å²) in [4.78, 5) is 12.5. The van der Waals surface area contributed by atoms with Gasteiger partial charge in [-0.15, -0.1) is 0 Å². The lowest BCUT2D eigenvalue weighted by atomic mass is 9.99. The zero-order valence-electron chi connectivity index (χ0n) is 15.2. The molecule has 3 aromatic rings. The van der Waals surface area contributed by atoms with Crippen molar-refractivity contribution < 1.29 is 24.8 Å². The van der Waals surface area contributed by atoms with Gasteiger partial charge in [0.2, 0.25) is 0 Å². The summed E-state index contributed by atoms with van der Waals surface area (Å²) in [5.41, 5.74) is 1.01. The molecule has 0 amide bonds. The lowest BCUT2D eigenvalue weighted by Crippen LogP contribution is -2.12. The third kappa shape index (κ3) is 3.92. The second-order valence-electron chi connectivity index (χ2n) is 6.60. The number of hydrogen-bond acceptors (Lipinski definition) is 6. The topological polar surface area (TPSA) is 111 Å². The van der Waals surface area contributed by atoms with Gasteiger partial charge in [0.05, 0.1) is 6.10 Å². The predicted octanol–water partition coefficient (Wildman–Crippen LogP) is 3.56. The second kappa shape index (κ2) is 7.62. The molecule has 0 aliphatic rings. The number of benzene rings is 2. The minimum atomic E-state index is -0.944. The first-order valence-corrected chi connectivity index (χ1v) is 8.58. The summed E-state index contributed by atoms with van der Waals surface area (Å²) in [7, 11) is 0. The standard InChI is InChI=1S/C22H20O6/c1-12(2)17(24)10-16-18(25)11-20(27)21-19(26)9-15(28-22(16)21)8-5-13-3-6-14(23)7-4-13/h3-9,11,17,23-25,27H,1,10H2,2H3/t17-/m1/s1. The molecular weight excluding hydrogens is 360 g/mol. The van der Waals surface area contributed by atoms with Crippen LogP contribution in [0.4, 0.5) is 0 Å². The minimum absolute atomic E-state index is 0.00987. The van der Waals surface area contributed by atoms with Gasteiger partial charge in [-0.05, 0) is 30.7 Å². The normalized spacial score (nSPS) is 12.5. The molecule has 28 heavy (non-hydrogen) atoms. The van der Waals surface area contributed by atoms with Gasteiger partial charge in [-0.2, -0.15) is 0 Å². The van der Waals surface area contributed by atoms with E-state index in [-0.39, 0.29) is 40.2 Å². The van der Waals surface area contributed by atoms with E-state index >= 15 is 0 Å². The molecule has 6 heteroatoms. The van der Waals surface area contributed by atoms with Crippen LogP contribution in [0.15, 0.2) is 57.8 Å². The number of hydrogen-bond donors (Lipinski definition) is 4. The monoisotopic (exact) mass is 380 g/mol. The Morgan fingerprint density at radius 2 is 1.79 bits per heavy atom. The van der Waals surface area contributed by atoms with Crippen LogP contribution in [0.1, 0.15) is 23.8 Å². The quantitative estimate of drug-likeness (QED) is 0.504. The third-order valence-electron chi connectivity index (χ3n) is 4.38. The molecule has 0 radical (unpaired) electrons. The van der Waals surface area contributed by atoms with Crippen molar-refractivity contribution in [1.29, 1.82) is 0 Å². The van der Waals surface area contributed by atoms with Crippen molar-refractivity contribution >= 4 is 23.1 Å². The number of phenolic OH excluding ortho intramolecular Hbond substituents is 3. The first-order valence-electron chi connectivity index (χ1n) is 8.58. The fraction of sp³-hybridized carbons (Fsp3) is 0.136. The van der Waals surface area contributed by atoms with Crippen molar-refractivity contribution in [3.05, 3.63) is 75.7 Å². The molecule has 0 saturated heterocycles. The summed E-state index contributed by atoms with van der Waals surface area (Å²) in [6.07, 6.45) is 2.29. The van der Waals surface area contributed by atoms with Crippen molar-refractivity contribution in [2.45, 2.75) is 19.4 Å². The summed E-state index contributed by atoms with van der Waals surface area (Å²) < 4.78 is 5.76. The molecule has 6 nitrogen and oxygen atoms in total. The van der Waals surface area contributed by atoms with Crippen LogP contribution in [0, 0.1) is 0 Å². The Bertz CT molecular complexity index is 1120. The van der Waals surface area contributed by atoms with Gasteiger partial charge in [0, 0.05) is 24.1 Å². The number of fused-ring (bicyclic) bond motifs is 1. The van der Waals surface area contributed by atoms with Gasteiger partial charge in [-0.1, -0.05) is 30.4 Å². The highest BCUT2D eigenvalue weighted by Crippen LogP contribution is 2.34. The van der Waals surface area contributed by atoms with Crippen LogP contribution in [0.3, 0.4) is 0 Å². The molecule has 0 aliphatic heterocycles. The van der Waals surface area contributed by atoms with Crippen LogP contribution in [0.5, 0.6) is 17.2 Å². The molecule has 0 unspecified atom stereocenters. The fourth-order valence-electron chi connectivity index (χ4n) is 2.78. The van der Waals surface area contributed by atoms with Crippen molar-refractivity contribution in [3.63, 3.8) is 0 Å². The van der Waals surface area contributed by atoms with Crippen LogP contribution in [0.2, 0.25) is 0 Å². The molecule has 0 fully saturated rings. The Labute approximate surface area is 160 Å². The molecule has 1 heterocycles. The summed E-state index contributed by atoms with van der Waals surface area (Å²) in [5, 5.41) is 39.7. The average Bonchev–Trinajstić information content (AvgIpc) is 2.63. The third-order valence-corrected chi connectivity index (χ3v) is 4.38. The Balaban J connectivity index is 2.12. The van der Waals surface area contributed by atoms with E-state index in [2.05, 4.69) is 6.58 Å². The number of aliphatic hydroxyl groups excluding tert-OH is 1. The van der Waals surface area contributed by atoms with Gasteiger partial charge in [0.15, 0.2) is 5.43 Å². The average molecular weight is 380 g/mol. The Kier molecular flexibility index (Phi) is 5.24. The fourth-order valence-corrected chi connectivity index (χ4v) is 2.78. The highest BCUT2D eigenvalue weighted by molar-refractivity contribution is 5.88. The Morgan fingerprint density at radius 3 is 2.43 bits per heavy atom. The highest BCUT2D eigenvalue weighted by Gasteiger charge is 2.20. The van der Waals surface area contributed by atoms with Gasteiger partial charge < -0.3 is 24.8 Å². The van der Waals surface area contributed by atoms with Crippen molar-refractivity contribution in [3.8, 4) is 17.2 Å². The molecule has 0 bridgehead atoms. The summed E-state index contributed by atoms with van der Waals surface area (Å²) >= 11 is 0. The summed E-state index contributed by atoms with van der Waals surface area (Å²) in [6.45, 7) is 5.33. The molecule has 3 rings (SSSR count). The smallest absolute Gasteiger partial charge is 0.197 e. The van der Waals surface area contributed by atoms with Crippen LogP contribution in [0.25, 0.3) is 23.1 Å². The number of aromatic hydroxyl groups is 3. The molecule has 1 aromatic heterocycles. The van der Waals surface area contributed by atoms with E-state index in [1.807, 2.05) is 0 Å². The number of aliphatic hydroxyl groups is 1. The second-order valence-corrected chi connectivity index (χ2v) is 6.60. The van der Waals surface area contributed by atoms with Gasteiger partial charge in [-0.3, -0.25) is 4.79 Å². The predicted molar refractivity (Wildman–Crippen MR) is 107 cm³/mol. The lowest BCUT2D eigenvalue weighted by Gasteiger charge is -2.14. The molecule has 0 spiro atoms. The Morgan fingerprint density at radius 1 is 1.11 bits per heavy atom. The maximum atomic E-state index is 12.5. The lowest BCUT2D eigenvalue weighted by molar-refractivity contribution is 0.210. The molecule has 144 valence electrons. The first-order chi connectivity index (χ1) is 13.3. The molecule has 2 aromatic carbocycles. The van der Waals surface area contributed by atoms with Crippen LogP contribution < -0.4 is 5.43 Å². The first kappa shape index (κ1) is 19.3. The van der Waals surface area contributed by atoms with Gasteiger partial charge >= 0.3 is 0 Å². The summed E-state index contributed by atoms with van der Waals surface area (Å²) in [6, 6.07) is 8.74. The van der Waals surface area contributed by atoms with Crippen LogP contribution in [-0.2, 0) is 6.42 Å². The number of phenols is 3. The molecule has 4 N–H and O–H groups in total. The highest BCUT2D eigenvalue weighted by atomic mass is 16.3. The van der Waals surface area contributed by atoms with Gasteiger partial charge in [-0.25, -0.2) is 0 Å². The van der Waals surface area contributed by atoms with Crippen LogP contribution >= 0.6 is 0 Å². The van der Waals surface area contributed by atoms with E-state index in [0.717, 1.165) is 11.6 Å². The van der Waals surface area contributed by atoms with E-state index in [9.17, 15) is 25.2 Å². The maximum absolute atomic E-state index is 12.5. The van der Waals surface area contributed by atoms with Crippen LogP contribution in [-0.4, -0.2) is 26.5 Å². The molecule has 1 atom stereocenters. The molecular formula is C22H20O6. The molecule has 0 aliphatic carbocycles. The van der Waals surface area contributed by atoms with E-state index in [0.29, 0.717) is 5.57 Å². The van der Waals surface area contributed by atoms with E-state index in [4.69, 9.17) is 4.42 Å². The van der Waals surface area contributed by atoms with Gasteiger partial charge in [0.25, 0.3) is 0 Å². The Hall–Kier alpha value is -3.51. The zero-order chi connectivity index (χ0) is 20.4. The van der Waals surface area contributed by atoms with Crippen molar-refractivity contribution in [2.24, 2.45) is 0 Å². The van der Waals surface area contributed by atoms with Crippen molar-refractivity contribution in [2.75, 3.05) is 0 Å². The van der Waals surface area contributed by atoms with Crippen molar-refractivity contribution in [1.82, 2.24) is 0 Å². The maximum Gasteiger partial charge on any atom is 0.197 e. The largest absolute Gasteiger partial charge is 0.508 e. The minimum Gasteiger partial charge on any atom is -0.508 e. The zero-order valence-corrected chi connectivity index (χ0v) is 15.2.